The van der Waals surface area contributed by atoms with E-state index in [1.165, 1.54) is 31.7 Å². The third-order valence-electron chi connectivity index (χ3n) is 5.29. The lowest BCUT2D eigenvalue weighted by Crippen LogP contribution is -2.26. The largest absolute Gasteiger partial charge is 0.310 e. The smallest absolute Gasteiger partial charge is 0.142 e. The van der Waals surface area contributed by atoms with Gasteiger partial charge >= 0.3 is 0 Å². The zero-order valence-corrected chi connectivity index (χ0v) is 13.1. The van der Waals surface area contributed by atoms with E-state index in [1.807, 2.05) is 6.92 Å². The number of hydrogen-bond acceptors (Lipinski definition) is 1. The maximum absolute atomic E-state index is 14.2. The SMILES string of the molecule is CCNC(CC1CC2CCC1C2)c1cc(F)c(Cl)cc1F. The van der Waals surface area contributed by atoms with Crippen LogP contribution in [-0.2, 0) is 0 Å². The van der Waals surface area contributed by atoms with Gasteiger partial charge in [0.25, 0.3) is 0 Å². The molecule has 1 aromatic rings. The molecule has 21 heavy (non-hydrogen) atoms. The second kappa shape index (κ2) is 6.21. The predicted molar refractivity (Wildman–Crippen MR) is 81.3 cm³/mol. The zero-order chi connectivity index (χ0) is 15.0. The molecule has 0 amide bonds. The summed E-state index contributed by atoms with van der Waals surface area (Å²) < 4.78 is 27.9. The fourth-order valence-electron chi connectivity index (χ4n) is 4.34. The molecule has 1 N–H and O–H groups in total. The Labute approximate surface area is 130 Å². The molecule has 1 aromatic carbocycles. The van der Waals surface area contributed by atoms with Crippen LogP contribution < -0.4 is 5.32 Å². The molecule has 0 radical (unpaired) electrons. The third kappa shape index (κ3) is 3.09. The van der Waals surface area contributed by atoms with Crippen LogP contribution in [-0.4, -0.2) is 6.54 Å². The summed E-state index contributed by atoms with van der Waals surface area (Å²) in [4.78, 5) is 0. The van der Waals surface area contributed by atoms with Crippen molar-refractivity contribution >= 4 is 11.6 Å². The highest BCUT2D eigenvalue weighted by Crippen LogP contribution is 2.51. The second-order valence-corrected chi connectivity index (χ2v) is 6.98. The van der Waals surface area contributed by atoms with Crippen LogP contribution in [0.25, 0.3) is 0 Å². The van der Waals surface area contributed by atoms with Crippen LogP contribution in [0.15, 0.2) is 12.1 Å². The molecule has 4 atom stereocenters. The molecule has 116 valence electrons. The first kappa shape index (κ1) is 15.2. The van der Waals surface area contributed by atoms with Gasteiger partial charge in [-0.25, -0.2) is 8.78 Å². The Kier molecular flexibility index (Phi) is 4.51. The van der Waals surface area contributed by atoms with Crippen LogP contribution in [0.4, 0.5) is 8.78 Å². The van der Waals surface area contributed by atoms with Crippen molar-refractivity contribution in [3.8, 4) is 0 Å². The van der Waals surface area contributed by atoms with Gasteiger partial charge in [-0.1, -0.05) is 24.9 Å². The molecule has 2 bridgehead atoms. The number of nitrogens with one attached hydrogen (secondary N) is 1. The fraction of sp³-hybridized carbons (Fsp3) is 0.647. The van der Waals surface area contributed by atoms with Crippen molar-refractivity contribution in [2.24, 2.45) is 17.8 Å². The summed E-state index contributed by atoms with van der Waals surface area (Å²) in [7, 11) is 0. The number of halogens is 3. The van der Waals surface area contributed by atoms with E-state index in [4.69, 9.17) is 11.6 Å². The Hall–Kier alpha value is -0.670. The number of hydrogen-bond donors (Lipinski definition) is 1. The third-order valence-corrected chi connectivity index (χ3v) is 5.58. The standard InChI is InChI=1S/C17H22ClF2N/c1-2-21-17(7-12-6-10-3-4-11(12)5-10)13-8-16(20)14(18)9-15(13)19/h8-12,17,21H,2-7H2,1H3. The average molecular weight is 314 g/mol. The van der Waals surface area contributed by atoms with E-state index >= 15 is 0 Å². The Morgan fingerprint density at radius 1 is 1.24 bits per heavy atom. The molecule has 1 nitrogen and oxygen atoms in total. The molecule has 0 saturated heterocycles. The van der Waals surface area contributed by atoms with E-state index < -0.39 is 11.6 Å². The lowest BCUT2D eigenvalue weighted by molar-refractivity contribution is 0.278. The maximum atomic E-state index is 14.2. The van der Waals surface area contributed by atoms with E-state index in [9.17, 15) is 8.78 Å². The van der Waals surface area contributed by atoms with Crippen molar-refractivity contribution in [1.82, 2.24) is 5.32 Å². The van der Waals surface area contributed by atoms with E-state index in [1.54, 1.807) is 0 Å². The van der Waals surface area contributed by atoms with Crippen LogP contribution in [0.2, 0.25) is 5.02 Å². The van der Waals surface area contributed by atoms with Crippen molar-refractivity contribution in [3.63, 3.8) is 0 Å². The van der Waals surface area contributed by atoms with E-state index in [0.29, 0.717) is 11.5 Å². The molecule has 2 aliphatic carbocycles. The summed E-state index contributed by atoms with van der Waals surface area (Å²) >= 11 is 5.65. The van der Waals surface area contributed by atoms with Gasteiger partial charge in [0.1, 0.15) is 11.6 Å². The Balaban J connectivity index is 1.79. The van der Waals surface area contributed by atoms with Crippen molar-refractivity contribution in [1.29, 1.82) is 0 Å². The van der Waals surface area contributed by atoms with Gasteiger partial charge in [-0.3, -0.25) is 0 Å². The quantitative estimate of drug-likeness (QED) is 0.746. The number of fused-ring (bicyclic) bond motifs is 2. The molecule has 2 aliphatic rings. The van der Waals surface area contributed by atoms with Gasteiger partial charge in [-0.05, 0) is 62.1 Å². The first-order valence-corrected chi connectivity index (χ1v) is 8.34. The molecule has 3 rings (SSSR count). The summed E-state index contributed by atoms with van der Waals surface area (Å²) in [6, 6.07) is 2.24. The van der Waals surface area contributed by atoms with Crippen LogP contribution >= 0.6 is 11.6 Å². The molecular formula is C17H22ClF2N. The summed E-state index contributed by atoms with van der Waals surface area (Å²) in [6.45, 7) is 2.74. The highest BCUT2D eigenvalue weighted by atomic mass is 35.5. The van der Waals surface area contributed by atoms with Crippen LogP contribution in [0, 0.1) is 29.4 Å². The highest BCUT2D eigenvalue weighted by Gasteiger charge is 2.40. The van der Waals surface area contributed by atoms with E-state index in [0.717, 1.165) is 30.9 Å². The lowest BCUT2D eigenvalue weighted by atomic mass is 9.82. The molecule has 2 saturated carbocycles. The second-order valence-electron chi connectivity index (χ2n) is 6.57. The summed E-state index contributed by atoms with van der Waals surface area (Å²) in [6.07, 6.45) is 6.15. The van der Waals surface area contributed by atoms with Gasteiger partial charge in [-0.15, -0.1) is 0 Å². The zero-order valence-electron chi connectivity index (χ0n) is 12.3. The van der Waals surface area contributed by atoms with Crippen molar-refractivity contribution in [3.05, 3.63) is 34.4 Å². The molecule has 0 spiro atoms. The number of rotatable bonds is 5. The highest BCUT2D eigenvalue weighted by molar-refractivity contribution is 6.30. The first-order chi connectivity index (χ1) is 10.1. The van der Waals surface area contributed by atoms with Crippen molar-refractivity contribution < 1.29 is 8.78 Å². The lowest BCUT2D eigenvalue weighted by Gasteiger charge is -2.28. The van der Waals surface area contributed by atoms with Gasteiger partial charge in [0, 0.05) is 11.6 Å². The molecule has 4 heteroatoms. The molecule has 4 unspecified atom stereocenters. The summed E-state index contributed by atoms with van der Waals surface area (Å²) in [5.74, 6) is 1.36. The Morgan fingerprint density at radius 3 is 2.67 bits per heavy atom. The maximum Gasteiger partial charge on any atom is 0.142 e. The topological polar surface area (TPSA) is 12.0 Å². The minimum atomic E-state index is -0.538. The molecular weight excluding hydrogens is 292 g/mol. The van der Waals surface area contributed by atoms with E-state index in [-0.39, 0.29) is 11.1 Å². The molecule has 0 aromatic heterocycles. The van der Waals surface area contributed by atoms with Crippen molar-refractivity contribution in [2.45, 2.75) is 45.1 Å². The predicted octanol–water partition coefficient (Wildman–Crippen LogP) is 5.10. The summed E-state index contributed by atoms with van der Waals surface area (Å²) in [5, 5.41) is 3.18. The molecule has 0 heterocycles. The Morgan fingerprint density at radius 2 is 2.05 bits per heavy atom. The fourth-order valence-corrected chi connectivity index (χ4v) is 4.49. The van der Waals surface area contributed by atoms with E-state index in [2.05, 4.69) is 5.32 Å². The normalized spacial score (nSPS) is 29.0. The minimum absolute atomic E-state index is 0.119. The van der Waals surface area contributed by atoms with Gasteiger partial charge in [-0.2, -0.15) is 0 Å². The van der Waals surface area contributed by atoms with Crippen molar-refractivity contribution in [2.75, 3.05) is 6.54 Å². The van der Waals surface area contributed by atoms with Crippen LogP contribution in [0.1, 0.15) is 50.6 Å². The van der Waals surface area contributed by atoms with Gasteiger partial charge in [0.2, 0.25) is 0 Å². The summed E-state index contributed by atoms with van der Waals surface area (Å²) in [5.41, 5.74) is 0.418. The van der Waals surface area contributed by atoms with Crippen LogP contribution in [0.3, 0.4) is 0 Å². The first-order valence-electron chi connectivity index (χ1n) is 7.96. The average Bonchev–Trinajstić information content (AvgIpc) is 3.05. The van der Waals surface area contributed by atoms with Crippen LogP contribution in [0.5, 0.6) is 0 Å². The van der Waals surface area contributed by atoms with Gasteiger partial charge in [0.05, 0.1) is 5.02 Å². The van der Waals surface area contributed by atoms with Gasteiger partial charge in [0.15, 0.2) is 0 Å². The Bertz CT molecular complexity index is 520. The minimum Gasteiger partial charge on any atom is -0.310 e. The monoisotopic (exact) mass is 313 g/mol. The number of benzene rings is 1. The molecule has 2 fully saturated rings. The molecule has 0 aliphatic heterocycles. The van der Waals surface area contributed by atoms with Gasteiger partial charge < -0.3 is 5.32 Å².